The summed E-state index contributed by atoms with van der Waals surface area (Å²) < 4.78 is 36.9. The van der Waals surface area contributed by atoms with Gasteiger partial charge in [-0.15, -0.1) is 0 Å². The maximum absolute atomic E-state index is 12.3. The fraction of sp³-hybridized carbons (Fsp3) is 0.467. The fourth-order valence-electron chi connectivity index (χ4n) is 1.76. The molecule has 10 heteroatoms. The van der Waals surface area contributed by atoms with Crippen LogP contribution in [0, 0.1) is 0 Å². The van der Waals surface area contributed by atoms with E-state index in [0.29, 0.717) is 0 Å². The lowest BCUT2D eigenvalue weighted by molar-refractivity contribution is 0.0528. The van der Waals surface area contributed by atoms with Crippen molar-refractivity contribution in [3.8, 4) is 5.75 Å². The predicted octanol–water partition coefficient (Wildman–Crippen LogP) is 1.20. The molecule has 1 aromatic carbocycles. The highest BCUT2D eigenvalue weighted by molar-refractivity contribution is 7.89. The van der Waals surface area contributed by atoms with Crippen LogP contribution < -0.4 is 14.8 Å². The lowest BCUT2D eigenvalue weighted by atomic mass is 10.2. The average Bonchev–Trinajstić information content (AvgIpc) is 2.49. The van der Waals surface area contributed by atoms with Crippen LogP contribution in [0.2, 0.25) is 0 Å². The molecule has 140 valence electrons. The Morgan fingerprint density at radius 1 is 1.20 bits per heavy atom. The Balaban J connectivity index is 2.74. The number of sulfonamides is 1. The monoisotopic (exact) mass is 374 g/mol. The van der Waals surface area contributed by atoms with E-state index in [0.717, 1.165) is 6.07 Å². The summed E-state index contributed by atoms with van der Waals surface area (Å²) in [4.78, 5) is 22.2. The predicted molar refractivity (Wildman–Crippen MR) is 89.4 cm³/mol. The van der Waals surface area contributed by atoms with Crippen LogP contribution in [0.1, 0.15) is 31.1 Å². The number of methoxy groups -OCH3 is 1. The van der Waals surface area contributed by atoms with E-state index in [1.807, 2.05) is 0 Å². The van der Waals surface area contributed by atoms with Gasteiger partial charge in [0.25, 0.3) is 0 Å². The number of hydrogen-bond donors (Lipinski definition) is 3. The highest BCUT2D eigenvalue weighted by Crippen LogP contribution is 2.24. The first kappa shape index (κ1) is 20.7. The van der Waals surface area contributed by atoms with Crippen molar-refractivity contribution in [2.75, 3.05) is 20.2 Å². The van der Waals surface area contributed by atoms with Crippen molar-refractivity contribution in [1.82, 2.24) is 10.0 Å². The minimum atomic E-state index is -4.02. The third kappa shape index (κ3) is 6.59. The van der Waals surface area contributed by atoms with E-state index >= 15 is 0 Å². The molecule has 1 amide bonds. The number of nitrogens with one attached hydrogen (secondary N) is 2. The van der Waals surface area contributed by atoms with E-state index in [-0.39, 0.29) is 29.3 Å². The first-order chi connectivity index (χ1) is 11.5. The van der Waals surface area contributed by atoms with E-state index in [4.69, 9.17) is 14.6 Å². The molecule has 0 radical (unpaired) electrons. The van der Waals surface area contributed by atoms with Crippen LogP contribution in [0.4, 0.5) is 4.79 Å². The Bertz CT molecular complexity index is 739. The largest absolute Gasteiger partial charge is 0.495 e. The fourth-order valence-corrected chi connectivity index (χ4v) is 2.99. The topological polar surface area (TPSA) is 131 Å². The quantitative estimate of drug-likeness (QED) is 0.611. The van der Waals surface area contributed by atoms with E-state index in [1.54, 1.807) is 20.8 Å². The van der Waals surface area contributed by atoms with Crippen LogP contribution in [0.5, 0.6) is 5.75 Å². The van der Waals surface area contributed by atoms with Gasteiger partial charge in [0.15, 0.2) is 0 Å². The van der Waals surface area contributed by atoms with E-state index in [1.165, 1.54) is 19.2 Å². The summed E-state index contributed by atoms with van der Waals surface area (Å²) in [6, 6.07) is 3.51. The van der Waals surface area contributed by atoms with Crippen LogP contribution in [-0.2, 0) is 14.8 Å². The molecule has 1 rings (SSSR count). The van der Waals surface area contributed by atoms with Crippen LogP contribution in [0.15, 0.2) is 23.1 Å². The van der Waals surface area contributed by atoms with Gasteiger partial charge in [-0.25, -0.2) is 22.7 Å². The maximum atomic E-state index is 12.3. The molecule has 0 aliphatic carbocycles. The molecule has 1 aromatic rings. The second kappa shape index (κ2) is 8.17. The Morgan fingerprint density at radius 3 is 2.36 bits per heavy atom. The SMILES string of the molecule is COc1ccc(C(=O)O)cc1S(=O)(=O)NCCNC(=O)OC(C)(C)C. The number of carbonyl (C=O) groups excluding carboxylic acids is 1. The van der Waals surface area contributed by atoms with Gasteiger partial charge >= 0.3 is 12.1 Å². The number of carboxylic acid groups (broad SMARTS) is 1. The number of ether oxygens (including phenoxy) is 2. The summed E-state index contributed by atoms with van der Waals surface area (Å²) in [5.41, 5.74) is -0.845. The third-order valence-corrected chi connectivity index (χ3v) is 4.27. The van der Waals surface area contributed by atoms with Gasteiger partial charge in [-0.3, -0.25) is 0 Å². The van der Waals surface area contributed by atoms with Crippen molar-refractivity contribution in [3.63, 3.8) is 0 Å². The molecule has 0 heterocycles. The Morgan fingerprint density at radius 2 is 1.84 bits per heavy atom. The second-order valence-electron chi connectivity index (χ2n) is 6.00. The summed E-state index contributed by atoms with van der Waals surface area (Å²) in [5, 5.41) is 11.4. The summed E-state index contributed by atoms with van der Waals surface area (Å²) in [6.45, 7) is 5.00. The van der Waals surface area contributed by atoms with Crippen LogP contribution in [0.25, 0.3) is 0 Å². The molecule has 0 aromatic heterocycles. The molecule has 0 aliphatic heterocycles. The first-order valence-electron chi connectivity index (χ1n) is 7.34. The molecule has 0 unspecified atom stereocenters. The highest BCUT2D eigenvalue weighted by atomic mass is 32.2. The van der Waals surface area contributed by atoms with Crippen molar-refractivity contribution in [3.05, 3.63) is 23.8 Å². The van der Waals surface area contributed by atoms with Gasteiger partial charge in [-0.2, -0.15) is 0 Å². The molecule has 0 fully saturated rings. The number of carboxylic acids is 1. The molecular weight excluding hydrogens is 352 g/mol. The van der Waals surface area contributed by atoms with Crippen LogP contribution in [-0.4, -0.2) is 51.4 Å². The molecule has 0 spiro atoms. The molecule has 0 saturated heterocycles. The molecule has 0 atom stereocenters. The molecule has 9 nitrogen and oxygen atoms in total. The molecule has 0 saturated carbocycles. The van der Waals surface area contributed by atoms with E-state index < -0.39 is 27.7 Å². The number of amides is 1. The van der Waals surface area contributed by atoms with Gasteiger partial charge in [-0.1, -0.05) is 0 Å². The van der Waals surface area contributed by atoms with Crippen molar-refractivity contribution < 1.29 is 32.6 Å². The number of hydrogen-bond acceptors (Lipinski definition) is 6. The molecule has 0 bridgehead atoms. The van der Waals surface area contributed by atoms with Crippen molar-refractivity contribution in [2.45, 2.75) is 31.3 Å². The lowest BCUT2D eigenvalue weighted by Crippen LogP contribution is -2.37. The average molecular weight is 374 g/mol. The number of carbonyl (C=O) groups is 2. The summed E-state index contributed by atoms with van der Waals surface area (Å²) >= 11 is 0. The summed E-state index contributed by atoms with van der Waals surface area (Å²) in [6.07, 6.45) is -0.669. The Kier molecular flexibility index (Phi) is 6.77. The number of aromatic carboxylic acids is 1. The second-order valence-corrected chi connectivity index (χ2v) is 7.73. The highest BCUT2D eigenvalue weighted by Gasteiger charge is 2.21. The van der Waals surface area contributed by atoms with E-state index in [9.17, 15) is 18.0 Å². The summed E-state index contributed by atoms with van der Waals surface area (Å²) in [5.74, 6) is -1.25. The van der Waals surface area contributed by atoms with Crippen LogP contribution >= 0.6 is 0 Å². The van der Waals surface area contributed by atoms with Gasteiger partial charge in [0, 0.05) is 13.1 Å². The van der Waals surface area contributed by atoms with Gasteiger partial charge in [-0.05, 0) is 39.0 Å². The van der Waals surface area contributed by atoms with Gasteiger partial charge < -0.3 is 19.9 Å². The number of benzene rings is 1. The molecule has 25 heavy (non-hydrogen) atoms. The van der Waals surface area contributed by atoms with Gasteiger partial charge in [0.05, 0.1) is 12.7 Å². The van der Waals surface area contributed by atoms with Crippen molar-refractivity contribution in [1.29, 1.82) is 0 Å². The van der Waals surface area contributed by atoms with E-state index in [2.05, 4.69) is 10.0 Å². The standard InChI is InChI=1S/C15H22N2O7S/c1-15(2,3)24-14(20)16-7-8-17-25(21,22)12-9-10(13(18)19)5-6-11(12)23-4/h5-6,9,17H,7-8H2,1-4H3,(H,16,20)(H,18,19). The Labute approximate surface area is 146 Å². The van der Waals surface area contributed by atoms with Crippen molar-refractivity contribution in [2.24, 2.45) is 0 Å². The zero-order chi connectivity index (χ0) is 19.3. The maximum Gasteiger partial charge on any atom is 0.407 e. The summed E-state index contributed by atoms with van der Waals surface area (Å²) in [7, 11) is -2.75. The lowest BCUT2D eigenvalue weighted by Gasteiger charge is -2.19. The zero-order valence-corrected chi connectivity index (χ0v) is 15.3. The molecular formula is C15H22N2O7S. The third-order valence-electron chi connectivity index (χ3n) is 2.79. The Hall–Kier alpha value is -2.33. The normalized spacial score (nSPS) is 11.7. The first-order valence-corrected chi connectivity index (χ1v) is 8.82. The minimum Gasteiger partial charge on any atom is -0.495 e. The van der Waals surface area contributed by atoms with Crippen LogP contribution in [0.3, 0.4) is 0 Å². The minimum absolute atomic E-state index is 0.00488. The number of rotatable bonds is 7. The van der Waals surface area contributed by atoms with Gasteiger partial charge in [0.1, 0.15) is 16.2 Å². The van der Waals surface area contributed by atoms with Crippen molar-refractivity contribution >= 4 is 22.1 Å². The zero-order valence-electron chi connectivity index (χ0n) is 14.5. The number of alkyl carbamates (subject to hydrolysis) is 1. The van der Waals surface area contributed by atoms with Gasteiger partial charge in [0.2, 0.25) is 10.0 Å². The smallest absolute Gasteiger partial charge is 0.407 e. The molecule has 3 N–H and O–H groups in total. The molecule has 0 aliphatic rings.